The first kappa shape index (κ1) is 21.8. The van der Waals surface area contributed by atoms with Crippen LogP contribution in [0.15, 0.2) is 30.3 Å². The average molecular weight is 378 g/mol. The number of hydrogen-bond acceptors (Lipinski definition) is 6. The molecular formula is C21H35N3O3. The summed E-state index contributed by atoms with van der Waals surface area (Å²) in [4.78, 5) is 14.8. The number of nitrogens with one attached hydrogen (secondary N) is 1. The highest BCUT2D eigenvalue weighted by molar-refractivity contribution is 5.37. The van der Waals surface area contributed by atoms with Crippen molar-refractivity contribution in [3.05, 3.63) is 35.9 Å². The number of rotatable bonds is 4. The molecule has 0 aliphatic carbocycles. The van der Waals surface area contributed by atoms with Crippen molar-refractivity contribution in [3.63, 3.8) is 0 Å². The Morgan fingerprint density at radius 2 is 1.81 bits per heavy atom. The van der Waals surface area contributed by atoms with E-state index in [9.17, 15) is 4.79 Å². The van der Waals surface area contributed by atoms with Crippen molar-refractivity contribution in [2.75, 3.05) is 45.9 Å². The zero-order valence-corrected chi connectivity index (χ0v) is 17.2. The smallest absolute Gasteiger partial charge is 0.293 e. The summed E-state index contributed by atoms with van der Waals surface area (Å²) in [6, 6.07) is 10.9. The standard InChI is InChI=1S/C16H25N3O.C5H10O2/c1-14-13-19(11-12-20-14)16(15-5-3-2-4-6-15)18-9-7-17-8-10-18;1-5(2,3)7-4-6/h2-6,14,16-17H,7-13H2,1H3;4H,1-3H3. The Hall–Kier alpha value is -1.47. The fraction of sp³-hybridized carbons (Fsp3) is 0.667. The Bertz CT molecular complexity index is 541. The molecular weight excluding hydrogens is 342 g/mol. The summed E-state index contributed by atoms with van der Waals surface area (Å²) in [6.45, 7) is 15.4. The van der Waals surface area contributed by atoms with E-state index in [2.05, 4.69) is 57.1 Å². The molecule has 1 aromatic rings. The maximum Gasteiger partial charge on any atom is 0.293 e. The van der Waals surface area contributed by atoms with Gasteiger partial charge in [0.25, 0.3) is 6.47 Å². The highest BCUT2D eigenvalue weighted by Gasteiger charge is 2.30. The molecule has 27 heavy (non-hydrogen) atoms. The number of ether oxygens (including phenoxy) is 2. The van der Waals surface area contributed by atoms with Crippen LogP contribution in [0.4, 0.5) is 0 Å². The summed E-state index contributed by atoms with van der Waals surface area (Å²) in [5.74, 6) is 0. The normalized spacial score (nSPS) is 23.0. The second-order valence-electron chi connectivity index (χ2n) is 8.07. The van der Waals surface area contributed by atoms with Crippen LogP contribution >= 0.6 is 0 Å². The summed E-state index contributed by atoms with van der Waals surface area (Å²) >= 11 is 0. The Labute approximate surface area is 163 Å². The molecule has 0 spiro atoms. The summed E-state index contributed by atoms with van der Waals surface area (Å²) in [6.07, 6.45) is 0.725. The molecule has 6 nitrogen and oxygen atoms in total. The van der Waals surface area contributed by atoms with E-state index in [1.807, 2.05) is 20.8 Å². The average Bonchev–Trinajstić information content (AvgIpc) is 2.63. The van der Waals surface area contributed by atoms with Gasteiger partial charge < -0.3 is 14.8 Å². The Kier molecular flexibility index (Phi) is 8.70. The van der Waals surface area contributed by atoms with Gasteiger partial charge in [-0.3, -0.25) is 14.6 Å². The second-order valence-corrected chi connectivity index (χ2v) is 8.07. The molecule has 2 atom stereocenters. The minimum Gasteiger partial charge on any atom is -0.462 e. The molecule has 3 rings (SSSR count). The van der Waals surface area contributed by atoms with Gasteiger partial charge in [0.1, 0.15) is 5.60 Å². The number of nitrogens with zero attached hydrogens (tertiary/aromatic N) is 2. The predicted molar refractivity (Wildman–Crippen MR) is 108 cm³/mol. The van der Waals surface area contributed by atoms with Crippen molar-refractivity contribution >= 4 is 6.47 Å². The molecule has 1 aromatic carbocycles. The van der Waals surface area contributed by atoms with E-state index in [-0.39, 0.29) is 5.60 Å². The van der Waals surface area contributed by atoms with Crippen LogP contribution in [-0.4, -0.2) is 73.9 Å². The monoisotopic (exact) mass is 377 g/mol. The van der Waals surface area contributed by atoms with E-state index in [0.717, 1.165) is 45.9 Å². The van der Waals surface area contributed by atoms with Gasteiger partial charge in [-0.05, 0) is 33.3 Å². The Morgan fingerprint density at radius 1 is 1.15 bits per heavy atom. The molecule has 0 saturated carbocycles. The molecule has 2 saturated heterocycles. The third-order valence-electron chi connectivity index (χ3n) is 4.62. The first-order valence-electron chi connectivity index (χ1n) is 9.87. The number of hydrogen-bond donors (Lipinski definition) is 1. The molecule has 6 heteroatoms. The lowest BCUT2D eigenvalue weighted by Crippen LogP contribution is -2.53. The van der Waals surface area contributed by atoms with Crippen molar-refractivity contribution in [3.8, 4) is 0 Å². The summed E-state index contributed by atoms with van der Waals surface area (Å²) in [5.41, 5.74) is 1.09. The van der Waals surface area contributed by atoms with E-state index in [1.165, 1.54) is 5.56 Å². The van der Waals surface area contributed by atoms with Crippen LogP contribution in [0.5, 0.6) is 0 Å². The van der Waals surface area contributed by atoms with Gasteiger partial charge in [0, 0.05) is 39.3 Å². The van der Waals surface area contributed by atoms with Crippen LogP contribution in [0.25, 0.3) is 0 Å². The fourth-order valence-corrected chi connectivity index (χ4v) is 3.42. The fourth-order valence-electron chi connectivity index (χ4n) is 3.42. The van der Waals surface area contributed by atoms with E-state index in [4.69, 9.17) is 4.74 Å². The number of benzene rings is 1. The predicted octanol–water partition coefficient (Wildman–Crippen LogP) is 2.27. The molecule has 2 heterocycles. The number of carbonyl (C=O) groups excluding carboxylic acids is 1. The summed E-state index contributed by atoms with van der Waals surface area (Å²) in [7, 11) is 0. The third kappa shape index (κ3) is 7.58. The van der Waals surface area contributed by atoms with E-state index < -0.39 is 0 Å². The van der Waals surface area contributed by atoms with Gasteiger partial charge in [-0.1, -0.05) is 30.3 Å². The molecule has 2 unspecified atom stereocenters. The van der Waals surface area contributed by atoms with Crippen LogP contribution in [0.3, 0.4) is 0 Å². The highest BCUT2D eigenvalue weighted by Crippen LogP contribution is 2.27. The maximum atomic E-state index is 9.60. The number of morpholine rings is 1. The van der Waals surface area contributed by atoms with Gasteiger partial charge in [-0.2, -0.15) is 0 Å². The molecule has 0 aromatic heterocycles. The second kappa shape index (κ2) is 10.8. The number of carbonyl (C=O) groups is 1. The largest absolute Gasteiger partial charge is 0.462 e. The molecule has 0 amide bonds. The van der Waals surface area contributed by atoms with E-state index in [1.54, 1.807) is 0 Å². The minimum absolute atomic E-state index is 0.318. The zero-order valence-electron chi connectivity index (χ0n) is 17.2. The van der Waals surface area contributed by atoms with E-state index in [0.29, 0.717) is 18.7 Å². The van der Waals surface area contributed by atoms with Crippen molar-refractivity contribution < 1.29 is 14.3 Å². The Morgan fingerprint density at radius 3 is 2.33 bits per heavy atom. The lowest BCUT2D eigenvalue weighted by Gasteiger charge is -2.44. The SMILES string of the molecule is CC(C)(C)OC=O.CC1CN(C(c2ccccc2)N2CCNCC2)CCO1. The van der Waals surface area contributed by atoms with Crippen LogP contribution < -0.4 is 5.32 Å². The van der Waals surface area contributed by atoms with Crippen molar-refractivity contribution in [1.29, 1.82) is 0 Å². The third-order valence-corrected chi connectivity index (χ3v) is 4.62. The topological polar surface area (TPSA) is 54.0 Å². The van der Waals surface area contributed by atoms with Crippen LogP contribution in [0.1, 0.15) is 39.4 Å². The van der Waals surface area contributed by atoms with Crippen molar-refractivity contribution in [2.24, 2.45) is 0 Å². The summed E-state index contributed by atoms with van der Waals surface area (Å²) < 4.78 is 10.3. The summed E-state index contributed by atoms with van der Waals surface area (Å²) in [5, 5.41) is 3.45. The lowest BCUT2D eigenvalue weighted by molar-refractivity contribution is -0.138. The van der Waals surface area contributed by atoms with Gasteiger partial charge in [0.05, 0.1) is 18.9 Å². The highest BCUT2D eigenvalue weighted by atomic mass is 16.5. The van der Waals surface area contributed by atoms with Crippen LogP contribution in [0.2, 0.25) is 0 Å². The minimum atomic E-state index is -0.318. The van der Waals surface area contributed by atoms with Crippen LogP contribution in [-0.2, 0) is 14.3 Å². The van der Waals surface area contributed by atoms with Gasteiger partial charge in [0.2, 0.25) is 0 Å². The Balaban J connectivity index is 0.000000321. The molecule has 152 valence electrons. The van der Waals surface area contributed by atoms with Crippen molar-refractivity contribution in [1.82, 2.24) is 15.1 Å². The lowest BCUT2D eigenvalue weighted by atomic mass is 10.1. The van der Waals surface area contributed by atoms with Gasteiger partial charge in [0.15, 0.2) is 0 Å². The van der Waals surface area contributed by atoms with Crippen molar-refractivity contribution in [2.45, 2.75) is 45.6 Å². The number of piperazine rings is 1. The molecule has 0 bridgehead atoms. The first-order chi connectivity index (χ1) is 12.9. The molecule has 2 aliphatic heterocycles. The van der Waals surface area contributed by atoms with Crippen LogP contribution in [0, 0.1) is 0 Å². The zero-order chi connectivity index (χ0) is 19.7. The molecule has 2 fully saturated rings. The quantitative estimate of drug-likeness (QED) is 0.813. The molecule has 0 radical (unpaired) electrons. The molecule has 1 N–H and O–H groups in total. The molecule has 2 aliphatic rings. The maximum absolute atomic E-state index is 9.60. The van der Waals surface area contributed by atoms with Gasteiger partial charge in [-0.25, -0.2) is 0 Å². The van der Waals surface area contributed by atoms with Gasteiger partial charge >= 0.3 is 0 Å². The first-order valence-corrected chi connectivity index (χ1v) is 9.87. The van der Waals surface area contributed by atoms with E-state index >= 15 is 0 Å². The van der Waals surface area contributed by atoms with Gasteiger partial charge in [-0.15, -0.1) is 0 Å².